The van der Waals surface area contributed by atoms with E-state index in [1.54, 1.807) is 26.0 Å². The van der Waals surface area contributed by atoms with Crippen LogP contribution in [0.25, 0.3) is 0 Å². The van der Waals surface area contributed by atoms with Crippen molar-refractivity contribution in [2.24, 2.45) is 0 Å². The Morgan fingerprint density at radius 1 is 0.857 bits per heavy atom. The van der Waals surface area contributed by atoms with Crippen LogP contribution < -0.4 is 15.6 Å². The molecule has 0 saturated heterocycles. The van der Waals surface area contributed by atoms with E-state index in [1.165, 1.54) is 6.07 Å². The largest absolute Gasteiger partial charge is 0.504 e. The van der Waals surface area contributed by atoms with E-state index in [-0.39, 0.29) is 37.7 Å². The highest BCUT2D eigenvalue weighted by Gasteiger charge is 2.36. The Balaban J connectivity index is 1.74. The van der Waals surface area contributed by atoms with Gasteiger partial charge in [-0.05, 0) is 42.7 Å². The molecule has 0 unspecified atom stereocenters. The first-order chi connectivity index (χ1) is 16.9. The minimum atomic E-state index is -1.34. The summed E-state index contributed by atoms with van der Waals surface area (Å²) in [5.41, 5.74) is 6.29. The van der Waals surface area contributed by atoms with E-state index in [0.717, 1.165) is 11.1 Å². The number of rotatable bonds is 11. The number of phenols is 1. The molecule has 0 saturated carbocycles. The summed E-state index contributed by atoms with van der Waals surface area (Å²) in [6.45, 7) is 3.83. The molecule has 35 heavy (non-hydrogen) atoms. The second-order valence-electron chi connectivity index (χ2n) is 8.12. The molecule has 0 bridgehead atoms. The number of nitrogens with one attached hydrogen (secondary N) is 2. The van der Waals surface area contributed by atoms with Crippen molar-refractivity contribution in [3.63, 3.8) is 0 Å². The van der Waals surface area contributed by atoms with Crippen LogP contribution in [0.5, 0.6) is 11.5 Å². The van der Waals surface area contributed by atoms with Gasteiger partial charge < -0.3 is 19.3 Å². The summed E-state index contributed by atoms with van der Waals surface area (Å²) < 4.78 is 16.2. The molecule has 0 fully saturated rings. The van der Waals surface area contributed by atoms with E-state index in [9.17, 15) is 14.7 Å². The number of hydrazine groups is 1. The van der Waals surface area contributed by atoms with Gasteiger partial charge in [0, 0.05) is 6.42 Å². The molecule has 1 atom stereocenters. The molecule has 3 N–H and O–H groups in total. The molecule has 0 aliphatic rings. The number of phenolic OH excluding ortho intramolecular Hbond substituents is 1. The lowest BCUT2D eigenvalue weighted by atomic mass is 9.93. The van der Waals surface area contributed by atoms with Gasteiger partial charge in [-0.25, -0.2) is 15.0 Å². The van der Waals surface area contributed by atoms with Crippen molar-refractivity contribution in [1.29, 1.82) is 0 Å². The fourth-order valence-electron chi connectivity index (χ4n) is 3.33. The molecule has 0 aliphatic heterocycles. The Labute approximate surface area is 204 Å². The van der Waals surface area contributed by atoms with Gasteiger partial charge >= 0.3 is 12.1 Å². The maximum atomic E-state index is 13.1. The molecule has 3 rings (SSSR count). The molecule has 0 aliphatic carbocycles. The van der Waals surface area contributed by atoms with Crippen LogP contribution in [-0.4, -0.2) is 29.3 Å². The zero-order valence-corrected chi connectivity index (χ0v) is 19.8. The molecule has 8 nitrogen and oxygen atoms in total. The molecular weight excluding hydrogens is 448 g/mol. The number of aromatic hydroxyl groups is 1. The van der Waals surface area contributed by atoms with Crippen molar-refractivity contribution in [2.75, 3.05) is 6.61 Å². The van der Waals surface area contributed by atoms with E-state index >= 15 is 0 Å². The van der Waals surface area contributed by atoms with Crippen LogP contribution in [0.2, 0.25) is 0 Å². The van der Waals surface area contributed by atoms with Crippen LogP contribution in [0.3, 0.4) is 0 Å². The maximum Gasteiger partial charge on any atom is 0.421 e. The van der Waals surface area contributed by atoms with Gasteiger partial charge in [0.25, 0.3) is 0 Å². The SMILES string of the molecule is CCOC(=O)NN[C@@](C)(Cc1ccc(O)c(OCc2ccccc2)c1)C(=O)OCc1ccccc1. The molecule has 0 spiro atoms. The number of carbonyl (C=O) groups is 2. The molecule has 0 aromatic heterocycles. The fraction of sp³-hybridized carbons (Fsp3) is 0.259. The monoisotopic (exact) mass is 478 g/mol. The highest BCUT2D eigenvalue weighted by molar-refractivity contribution is 5.81. The summed E-state index contributed by atoms with van der Waals surface area (Å²) in [6.07, 6.45) is -0.582. The van der Waals surface area contributed by atoms with Crippen LogP contribution in [-0.2, 0) is 33.9 Å². The van der Waals surface area contributed by atoms with Crippen molar-refractivity contribution in [2.45, 2.75) is 39.0 Å². The molecule has 3 aromatic rings. The number of carbonyl (C=O) groups excluding carboxylic acids is 2. The van der Waals surface area contributed by atoms with E-state index < -0.39 is 17.6 Å². The third-order valence-electron chi connectivity index (χ3n) is 5.20. The third-order valence-corrected chi connectivity index (χ3v) is 5.20. The number of benzene rings is 3. The van der Waals surface area contributed by atoms with Crippen molar-refractivity contribution in [3.05, 3.63) is 95.6 Å². The van der Waals surface area contributed by atoms with Gasteiger partial charge in [0.05, 0.1) is 6.61 Å². The quantitative estimate of drug-likeness (QED) is 0.279. The lowest BCUT2D eigenvalue weighted by molar-refractivity contribution is -0.152. The number of esters is 1. The zero-order valence-electron chi connectivity index (χ0n) is 19.8. The van der Waals surface area contributed by atoms with Crippen LogP contribution in [0.15, 0.2) is 78.9 Å². The van der Waals surface area contributed by atoms with Crippen LogP contribution in [0.1, 0.15) is 30.5 Å². The lowest BCUT2D eigenvalue weighted by Gasteiger charge is -2.29. The molecule has 184 valence electrons. The molecule has 8 heteroatoms. The number of hydrogen-bond acceptors (Lipinski definition) is 7. The van der Waals surface area contributed by atoms with E-state index in [0.29, 0.717) is 5.56 Å². The van der Waals surface area contributed by atoms with Crippen molar-refractivity contribution >= 4 is 12.1 Å². The van der Waals surface area contributed by atoms with Crippen molar-refractivity contribution in [1.82, 2.24) is 10.9 Å². The summed E-state index contributed by atoms with van der Waals surface area (Å²) in [7, 11) is 0. The summed E-state index contributed by atoms with van der Waals surface area (Å²) in [5.74, 6) is -0.307. The predicted molar refractivity (Wildman–Crippen MR) is 131 cm³/mol. The maximum absolute atomic E-state index is 13.1. The topological polar surface area (TPSA) is 106 Å². The Kier molecular flexibility index (Phi) is 9.09. The normalized spacial score (nSPS) is 12.3. The number of amides is 1. The standard InChI is InChI=1S/C27H30N2O6/c1-3-33-26(32)28-29-27(2,25(31)35-19-21-12-8-5-9-13-21)17-22-14-15-23(30)24(16-22)34-18-20-10-6-4-7-11-20/h4-16,29-30H,3,17-19H2,1-2H3,(H,28,32)/t27-/m0/s1. The van der Waals surface area contributed by atoms with E-state index in [1.807, 2.05) is 60.7 Å². The summed E-state index contributed by atoms with van der Waals surface area (Å²) in [4.78, 5) is 25.0. The van der Waals surface area contributed by atoms with Crippen LogP contribution in [0, 0.1) is 0 Å². The van der Waals surface area contributed by atoms with Gasteiger partial charge in [-0.1, -0.05) is 66.7 Å². The van der Waals surface area contributed by atoms with Crippen LogP contribution >= 0.6 is 0 Å². The average molecular weight is 479 g/mol. The first-order valence-electron chi connectivity index (χ1n) is 11.3. The lowest BCUT2D eigenvalue weighted by Crippen LogP contribution is -2.59. The molecule has 1 amide bonds. The summed E-state index contributed by atoms with van der Waals surface area (Å²) in [5, 5.41) is 10.3. The van der Waals surface area contributed by atoms with Crippen molar-refractivity contribution < 1.29 is 28.9 Å². The van der Waals surface area contributed by atoms with Gasteiger partial charge in [-0.2, -0.15) is 0 Å². The second-order valence-corrected chi connectivity index (χ2v) is 8.12. The van der Waals surface area contributed by atoms with Gasteiger partial charge in [-0.3, -0.25) is 5.43 Å². The first-order valence-corrected chi connectivity index (χ1v) is 11.3. The van der Waals surface area contributed by atoms with Gasteiger partial charge in [0.15, 0.2) is 11.5 Å². The highest BCUT2D eigenvalue weighted by atomic mass is 16.6. The molecular formula is C27H30N2O6. The number of hydrogen-bond donors (Lipinski definition) is 3. The minimum absolute atomic E-state index is 0.0179. The van der Waals surface area contributed by atoms with Crippen LogP contribution in [0.4, 0.5) is 4.79 Å². The van der Waals surface area contributed by atoms with E-state index in [2.05, 4.69) is 10.9 Å². The first kappa shape index (κ1) is 25.6. The Bertz CT molecular complexity index is 1110. The molecule has 0 heterocycles. The predicted octanol–water partition coefficient (Wildman–Crippen LogP) is 4.27. The second kappa shape index (κ2) is 12.4. The van der Waals surface area contributed by atoms with Crippen molar-refractivity contribution in [3.8, 4) is 11.5 Å². The minimum Gasteiger partial charge on any atom is -0.504 e. The Morgan fingerprint density at radius 3 is 2.11 bits per heavy atom. The van der Waals surface area contributed by atoms with Gasteiger partial charge in [-0.15, -0.1) is 0 Å². The summed E-state index contributed by atoms with van der Waals surface area (Å²) in [6, 6.07) is 23.7. The smallest absolute Gasteiger partial charge is 0.421 e. The fourth-order valence-corrected chi connectivity index (χ4v) is 3.33. The Hall–Kier alpha value is -4.04. The average Bonchev–Trinajstić information content (AvgIpc) is 2.88. The molecule has 3 aromatic carbocycles. The number of ether oxygens (including phenoxy) is 3. The molecule has 0 radical (unpaired) electrons. The van der Waals surface area contributed by atoms with E-state index in [4.69, 9.17) is 14.2 Å². The highest BCUT2D eigenvalue weighted by Crippen LogP contribution is 2.29. The summed E-state index contributed by atoms with van der Waals surface area (Å²) >= 11 is 0. The third kappa shape index (κ3) is 7.75. The zero-order chi connectivity index (χ0) is 25.1. The van der Waals surface area contributed by atoms with Gasteiger partial charge in [0.2, 0.25) is 0 Å². The van der Waals surface area contributed by atoms with Gasteiger partial charge in [0.1, 0.15) is 18.8 Å². The Morgan fingerprint density at radius 2 is 1.49 bits per heavy atom.